The van der Waals surface area contributed by atoms with Crippen molar-refractivity contribution in [3.05, 3.63) is 58.8 Å². The number of fused-ring (bicyclic) bond motifs is 2. The van der Waals surface area contributed by atoms with Crippen molar-refractivity contribution in [2.24, 2.45) is 0 Å². The van der Waals surface area contributed by atoms with Crippen LogP contribution in [0.15, 0.2) is 30.3 Å². The van der Waals surface area contributed by atoms with Crippen LogP contribution in [0, 0.1) is 11.8 Å². The molecule has 32 heavy (non-hydrogen) atoms. The number of anilines is 1. The van der Waals surface area contributed by atoms with E-state index < -0.39 is 11.8 Å². The van der Waals surface area contributed by atoms with E-state index in [4.69, 9.17) is 10.5 Å². The van der Waals surface area contributed by atoms with Gasteiger partial charge in [-0.05, 0) is 56.4 Å². The molecule has 0 fully saturated rings. The average Bonchev–Trinajstić information content (AvgIpc) is 3.18. The zero-order valence-corrected chi connectivity index (χ0v) is 17.6. The van der Waals surface area contributed by atoms with Crippen LogP contribution >= 0.6 is 0 Å². The second-order valence-electron chi connectivity index (χ2n) is 8.13. The second kappa shape index (κ2) is 7.52. The molecule has 2 aromatic carbocycles. The second-order valence-corrected chi connectivity index (χ2v) is 8.13. The molecule has 9 heteroatoms. The van der Waals surface area contributed by atoms with Crippen molar-refractivity contribution in [1.82, 2.24) is 20.2 Å². The van der Waals surface area contributed by atoms with E-state index in [-0.39, 0.29) is 40.3 Å². The van der Waals surface area contributed by atoms with E-state index in [0.29, 0.717) is 30.7 Å². The number of rotatable bonds is 3. The van der Waals surface area contributed by atoms with Gasteiger partial charge in [-0.3, -0.25) is 9.69 Å². The maximum absolute atomic E-state index is 15.0. The van der Waals surface area contributed by atoms with E-state index in [1.54, 1.807) is 18.2 Å². The topological polar surface area (TPSA) is 93.4 Å². The number of benzene rings is 2. The molecule has 164 valence electrons. The highest BCUT2D eigenvalue weighted by Crippen LogP contribution is 2.39. The Morgan fingerprint density at radius 2 is 1.94 bits per heavy atom. The fourth-order valence-electron chi connectivity index (χ4n) is 4.21. The molecule has 0 saturated carbocycles. The molecule has 7 nitrogen and oxygen atoms in total. The number of likely N-dealkylation sites (N-methyl/N-ethyl adjacent to an activating group) is 1. The molecule has 1 atom stereocenters. The van der Waals surface area contributed by atoms with Crippen LogP contribution in [0.1, 0.15) is 27.5 Å². The number of nitrogens with zero attached hydrogens (tertiary/aromatic N) is 3. The molecule has 3 N–H and O–H groups in total. The number of halogens is 2. The number of aromatic nitrogens is 2. The lowest BCUT2D eigenvalue weighted by molar-refractivity contribution is 0.0945. The molecule has 0 saturated heterocycles. The number of carbonyl (C=O) groups excluding carboxylic acids is 1. The molecular formula is C23H21F2N5O2. The molecule has 2 aliphatic rings. The first-order chi connectivity index (χ1) is 15.3. The SMILES string of the molecule is CN(C)C1COc2ccc(-c3nc(-c4cc5c(cc4F)C(=O)NCC5)c(N)nc3F)cc21. The molecule has 3 aromatic rings. The van der Waals surface area contributed by atoms with Crippen molar-refractivity contribution in [2.45, 2.75) is 12.5 Å². The van der Waals surface area contributed by atoms with Gasteiger partial charge in [-0.1, -0.05) is 0 Å². The summed E-state index contributed by atoms with van der Waals surface area (Å²) in [4.78, 5) is 22.2. The molecule has 5 rings (SSSR count). The van der Waals surface area contributed by atoms with Gasteiger partial charge in [-0.25, -0.2) is 9.37 Å². The summed E-state index contributed by atoms with van der Waals surface area (Å²) < 4.78 is 35.5. The Hall–Kier alpha value is -3.59. The number of carbonyl (C=O) groups is 1. The van der Waals surface area contributed by atoms with E-state index in [1.807, 2.05) is 25.1 Å². The molecule has 0 radical (unpaired) electrons. The van der Waals surface area contributed by atoms with Crippen LogP contribution in [0.5, 0.6) is 5.75 Å². The van der Waals surface area contributed by atoms with Gasteiger partial charge in [0.1, 0.15) is 29.6 Å². The zero-order chi connectivity index (χ0) is 22.6. The summed E-state index contributed by atoms with van der Waals surface area (Å²) in [5, 5.41) is 2.68. The first-order valence-electron chi connectivity index (χ1n) is 10.2. The van der Waals surface area contributed by atoms with Gasteiger partial charge in [0.05, 0.1) is 6.04 Å². The summed E-state index contributed by atoms with van der Waals surface area (Å²) in [7, 11) is 3.88. The van der Waals surface area contributed by atoms with Crippen LogP contribution in [-0.4, -0.2) is 48.0 Å². The molecule has 2 aliphatic heterocycles. The van der Waals surface area contributed by atoms with Crippen LogP contribution < -0.4 is 15.8 Å². The minimum Gasteiger partial charge on any atom is -0.491 e. The maximum atomic E-state index is 15.0. The highest BCUT2D eigenvalue weighted by Gasteiger charge is 2.28. The van der Waals surface area contributed by atoms with Gasteiger partial charge < -0.3 is 15.8 Å². The van der Waals surface area contributed by atoms with Gasteiger partial charge in [-0.2, -0.15) is 9.37 Å². The minimum atomic E-state index is -0.843. The first kappa shape index (κ1) is 20.3. The Bertz CT molecular complexity index is 1260. The number of nitrogen functional groups attached to an aromatic ring is 1. The van der Waals surface area contributed by atoms with Gasteiger partial charge in [0.15, 0.2) is 5.82 Å². The molecule has 3 heterocycles. The van der Waals surface area contributed by atoms with E-state index >= 15 is 0 Å². The Morgan fingerprint density at radius 1 is 1.12 bits per heavy atom. The van der Waals surface area contributed by atoms with Crippen molar-refractivity contribution in [2.75, 3.05) is 33.0 Å². The lowest BCUT2D eigenvalue weighted by Crippen LogP contribution is -2.32. The Morgan fingerprint density at radius 3 is 2.72 bits per heavy atom. The van der Waals surface area contributed by atoms with Crippen LogP contribution in [0.4, 0.5) is 14.6 Å². The average molecular weight is 437 g/mol. The Labute approximate surface area is 183 Å². The van der Waals surface area contributed by atoms with Crippen molar-refractivity contribution in [3.8, 4) is 28.3 Å². The van der Waals surface area contributed by atoms with E-state index in [0.717, 1.165) is 17.4 Å². The van der Waals surface area contributed by atoms with Crippen molar-refractivity contribution in [3.63, 3.8) is 0 Å². The van der Waals surface area contributed by atoms with E-state index in [2.05, 4.69) is 15.3 Å². The molecule has 1 amide bonds. The largest absolute Gasteiger partial charge is 0.491 e. The Balaban J connectivity index is 1.63. The molecule has 0 aliphatic carbocycles. The fraction of sp³-hybridized carbons (Fsp3) is 0.261. The third-order valence-corrected chi connectivity index (χ3v) is 5.92. The van der Waals surface area contributed by atoms with Gasteiger partial charge in [-0.15, -0.1) is 0 Å². The number of hydrogen-bond donors (Lipinski definition) is 2. The number of ether oxygens (including phenoxy) is 1. The Kier molecular flexibility index (Phi) is 4.78. The van der Waals surface area contributed by atoms with E-state index in [1.165, 1.54) is 0 Å². The predicted octanol–water partition coefficient (Wildman–Crippen LogP) is 2.95. The van der Waals surface area contributed by atoms with Crippen LogP contribution in [-0.2, 0) is 6.42 Å². The third kappa shape index (κ3) is 3.25. The van der Waals surface area contributed by atoms with Crippen molar-refractivity contribution >= 4 is 11.7 Å². The number of hydrogen-bond acceptors (Lipinski definition) is 6. The molecule has 0 spiro atoms. The van der Waals surface area contributed by atoms with Gasteiger partial charge in [0, 0.05) is 28.8 Å². The quantitative estimate of drug-likeness (QED) is 0.655. The summed E-state index contributed by atoms with van der Waals surface area (Å²) >= 11 is 0. The van der Waals surface area contributed by atoms with Crippen LogP contribution in [0.3, 0.4) is 0 Å². The maximum Gasteiger partial charge on any atom is 0.251 e. The molecule has 0 bridgehead atoms. The van der Waals surface area contributed by atoms with Gasteiger partial charge in [0.2, 0.25) is 5.95 Å². The number of nitrogens with two attached hydrogens (primary N) is 1. The molecule has 1 unspecified atom stereocenters. The van der Waals surface area contributed by atoms with E-state index in [9.17, 15) is 13.6 Å². The summed E-state index contributed by atoms with van der Waals surface area (Å²) in [6.07, 6.45) is 0.548. The van der Waals surface area contributed by atoms with Crippen LogP contribution in [0.25, 0.3) is 22.5 Å². The summed E-state index contributed by atoms with van der Waals surface area (Å²) in [6.45, 7) is 0.956. The van der Waals surface area contributed by atoms with Gasteiger partial charge >= 0.3 is 0 Å². The highest BCUT2D eigenvalue weighted by atomic mass is 19.1. The standard InChI is InChI=1S/C23H21F2N5O2/c1-30(2)17-10-32-18-4-3-12(8-15(17)18)19-21(25)29-22(26)20(28-19)14-7-11-5-6-27-23(31)13(11)9-16(14)24/h3-4,7-9,17H,5-6,10H2,1-2H3,(H2,26,29)(H,27,31). The fourth-order valence-corrected chi connectivity index (χ4v) is 4.21. The first-order valence-corrected chi connectivity index (χ1v) is 10.2. The molecular weight excluding hydrogens is 416 g/mol. The predicted molar refractivity (Wildman–Crippen MR) is 115 cm³/mol. The third-order valence-electron chi connectivity index (χ3n) is 5.92. The summed E-state index contributed by atoms with van der Waals surface area (Å²) in [5.41, 5.74) is 8.39. The smallest absolute Gasteiger partial charge is 0.251 e. The van der Waals surface area contributed by atoms with Crippen LogP contribution in [0.2, 0.25) is 0 Å². The normalized spacial score (nSPS) is 17.0. The molecule has 1 aromatic heterocycles. The monoisotopic (exact) mass is 437 g/mol. The highest BCUT2D eigenvalue weighted by molar-refractivity contribution is 5.97. The van der Waals surface area contributed by atoms with Crippen molar-refractivity contribution in [1.29, 1.82) is 0 Å². The number of amides is 1. The lowest BCUT2D eigenvalue weighted by Gasteiger charge is -2.19. The summed E-state index contributed by atoms with van der Waals surface area (Å²) in [6, 6.07) is 8.01. The van der Waals surface area contributed by atoms with Crippen molar-refractivity contribution < 1.29 is 18.3 Å². The zero-order valence-electron chi connectivity index (χ0n) is 17.6. The lowest BCUT2D eigenvalue weighted by atomic mass is 9.96. The summed E-state index contributed by atoms with van der Waals surface area (Å²) in [5.74, 6) is -1.33. The number of nitrogens with one attached hydrogen (secondary N) is 1. The van der Waals surface area contributed by atoms with Gasteiger partial charge in [0.25, 0.3) is 5.91 Å². The minimum absolute atomic E-state index is 0.0264.